The molecule has 0 aliphatic heterocycles. The molecule has 0 saturated heterocycles. The standard InChI is InChI=1S/C11H13FN4/c1-7-15-10(13)11(16-7)14-6-8-3-2-4-9(12)5-8/h2-5,14H,6,13H2,1H3,(H,15,16). The minimum atomic E-state index is -0.245. The highest BCUT2D eigenvalue weighted by Crippen LogP contribution is 2.15. The molecule has 0 spiro atoms. The van der Waals surface area contributed by atoms with Crippen LogP contribution in [-0.2, 0) is 6.54 Å². The van der Waals surface area contributed by atoms with Crippen LogP contribution in [-0.4, -0.2) is 9.97 Å². The quantitative estimate of drug-likeness (QED) is 0.741. The Morgan fingerprint density at radius 1 is 1.50 bits per heavy atom. The van der Waals surface area contributed by atoms with Crippen molar-refractivity contribution in [3.05, 3.63) is 41.5 Å². The number of H-pyrrole nitrogens is 1. The summed E-state index contributed by atoms with van der Waals surface area (Å²) in [6, 6.07) is 6.40. The van der Waals surface area contributed by atoms with Gasteiger partial charge >= 0.3 is 0 Å². The molecular formula is C11H13FN4. The minimum Gasteiger partial charge on any atom is -0.382 e. The van der Waals surface area contributed by atoms with Gasteiger partial charge in [-0.15, -0.1) is 0 Å². The third-order valence-corrected chi connectivity index (χ3v) is 2.20. The van der Waals surface area contributed by atoms with Gasteiger partial charge in [-0.25, -0.2) is 9.37 Å². The third-order valence-electron chi connectivity index (χ3n) is 2.20. The smallest absolute Gasteiger partial charge is 0.169 e. The first kappa shape index (κ1) is 10.5. The second-order valence-electron chi connectivity index (χ2n) is 3.57. The fourth-order valence-electron chi connectivity index (χ4n) is 1.48. The number of nitrogens with two attached hydrogens (primary N) is 1. The van der Waals surface area contributed by atoms with Gasteiger partial charge in [0.05, 0.1) is 0 Å². The summed E-state index contributed by atoms with van der Waals surface area (Å²) >= 11 is 0. The van der Waals surface area contributed by atoms with E-state index in [1.54, 1.807) is 6.07 Å². The molecule has 5 heteroatoms. The Labute approximate surface area is 92.7 Å². The van der Waals surface area contributed by atoms with Gasteiger partial charge in [-0.1, -0.05) is 12.1 Å². The Hall–Kier alpha value is -2.04. The van der Waals surface area contributed by atoms with Crippen molar-refractivity contribution in [3.63, 3.8) is 0 Å². The molecule has 1 aromatic carbocycles. The largest absolute Gasteiger partial charge is 0.382 e. The summed E-state index contributed by atoms with van der Waals surface area (Å²) in [7, 11) is 0. The van der Waals surface area contributed by atoms with Crippen molar-refractivity contribution in [2.75, 3.05) is 11.1 Å². The molecule has 1 heterocycles. The molecule has 16 heavy (non-hydrogen) atoms. The maximum Gasteiger partial charge on any atom is 0.169 e. The fourth-order valence-corrected chi connectivity index (χ4v) is 1.48. The molecule has 0 aliphatic rings. The highest BCUT2D eigenvalue weighted by Gasteiger charge is 2.03. The van der Waals surface area contributed by atoms with Crippen LogP contribution in [0.1, 0.15) is 11.4 Å². The molecule has 0 fully saturated rings. The zero-order valence-corrected chi connectivity index (χ0v) is 8.92. The summed E-state index contributed by atoms with van der Waals surface area (Å²) in [5, 5.41) is 3.04. The van der Waals surface area contributed by atoms with Crippen LogP contribution in [0.4, 0.5) is 16.0 Å². The van der Waals surface area contributed by atoms with E-state index in [0.29, 0.717) is 18.2 Å². The molecule has 4 N–H and O–H groups in total. The van der Waals surface area contributed by atoms with Crippen LogP contribution >= 0.6 is 0 Å². The maximum atomic E-state index is 12.9. The van der Waals surface area contributed by atoms with E-state index in [1.807, 2.05) is 13.0 Å². The first-order valence-corrected chi connectivity index (χ1v) is 4.95. The molecule has 2 aromatic rings. The lowest BCUT2D eigenvalue weighted by molar-refractivity contribution is 0.626. The number of hydrogen-bond acceptors (Lipinski definition) is 3. The van der Waals surface area contributed by atoms with Crippen molar-refractivity contribution in [1.29, 1.82) is 0 Å². The summed E-state index contributed by atoms with van der Waals surface area (Å²) in [5.41, 5.74) is 6.53. The normalized spacial score (nSPS) is 10.4. The maximum absolute atomic E-state index is 12.9. The topological polar surface area (TPSA) is 66.7 Å². The number of anilines is 2. The molecule has 4 nitrogen and oxygen atoms in total. The summed E-state index contributed by atoms with van der Waals surface area (Å²) in [5.74, 6) is 1.60. The van der Waals surface area contributed by atoms with Crippen LogP contribution < -0.4 is 11.1 Å². The molecular weight excluding hydrogens is 207 g/mol. The van der Waals surface area contributed by atoms with E-state index < -0.39 is 0 Å². The van der Waals surface area contributed by atoms with Gasteiger partial charge in [-0.05, 0) is 24.6 Å². The predicted octanol–water partition coefficient (Wildman–Crippen LogP) is 2.05. The Morgan fingerprint density at radius 3 is 2.94 bits per heavy atom. The van der Waals surface area contributed by atoms with E-state index in [9.17, 15) is 4.39 Å². The highest BCUT2D eigenvalue weighted by molar-refractivity contribution is 5.57. The van der Waals surface area contributed by atoms with Crippen molar-refractivity contribution in [1.82, 2.24) is 9.97 Å². The summed E-state index contributed by atoms with van der Waals surface area (Å²) < 4.78 is 12.9. The van der Waals surface area contributed by atoms with Gasteiger partial charge in [0.15, 0.2) is 5.82 Å². The third kappa shape index (κ3) is 2.31. The van der Waals surface area contributed by atoms with E-state index in [0.717, 1.165) is 11.4 Å². The lowest BCUT2D eigenvalue weighted by Crippen LogP contribution is -2.02. The molecule has 84 valence electrons. The van der Waals surface area contributed by atoms with Crippen LogP contribution in [0.15, 0.2) is 24.3 Å². The second-order valence-corrected chi connectivity index (χ2v) is 3.57. The first-order valence-electron chi connectivity index (χ1n) is 4.95. The molecule has 0 atom stereocenters. The van der Waals surface area contributed by atoms with Gasteiger partial charge in [-0.2, -0.15) is 0 Å². The number of aryl methyl sites for hydroxylation is 1. The Bertz CT molecular complexity index is 492. The fraction of sp³-hybridized carbons (Fsp3) is 0.182. The SMILES string of the molecule is Cc1nc(NCc2cccc(F)c2)c(N)[nH]1. The zero-order chi connectivity index (χ0) is 11.5. The molecule has 0 aliphatic carbocycles. The van der Waals surface area contributed by atoms with E-state index in [1.165, 1.54) is 12.1 Å². The van der Waals surface area contributed by atoms with E-state index in [4.69, 9.17) is 5.73 Å². The first-order chi connectivity index (χ1) is 7.65. The van der Waals surface area contributed by atoms with Crippen molar-refractivity contribution >= 4 is 11.6 Å². The van der Waals surface area contributed by atoms with Crippen molar-refractivity contribution in [2.45, 2.75) is 13.5 Å². The monoisotopic (exact) mass is 220 g/mol. The van der Waals surface area contributed by atoms with Crippen LogP contribution in [0, 0.1) is 12.7 Å². The lowest BCUT2D eigenvalue weighted by Gasteiger charge is -2.04. The molecule has 0 saturated carbocycles. The molecule has 2 rings (SSSR count). The number of nitrogens with zero attached hydrogens (tertiary/aromatic N) is 1. The molecule has 1 aromatic heterocycles. The van der Waals surface area contributed by atoms with Crippen molar-refractivity contribution in [2.24, 2.45) is 0 Å². The predicted molar refractivity (Wildman–Crippen MR) is 61.5 cm³/mol. The van der Waals surface area contributed by atoms with E-state index >= 15 is 0 Å². The highest BCUT2D eigenvalue weighted by atomic mass is 19.1. The number of aromatic nitrogens is 2. The van der Waals surface area contributed by atoms with Crippen molar-refractivity contribution in [3.8, 4) is 0 Å². The van der Waals surface area contributed by atoms with Gasteiger partial charge in [0.25, 0.3) is 0 Å². The zero-order valence-electron chi connectivity index (χ0n) is 8.92. The van der Waals surface area contributed by atoms with Crippen LogP contribution in [0.5, 0.6) is 0 Å². The second kappa shape index (κ2) is 4.22. The Kier molecular flexibility index (Phi) is 2.76. The number of benzene rings is 1. The van der Waals surface area contributed by atoms with E-state index in [-0.39, 0.29) is 5.82 Å². The number of nitrogen functional groups attached to an aromatic ring is 1. The van der Waals surface area contributed by atoms with Crippen LogP contribution in [0.3, 0.4) is 0 Å². The van der Waals surface area contributed by atoms with Crippen LogP contribution in [0.25, 0.3) is 0 Å². The minimum absolute atomic E-state index is 0.245. The van der Waals surface area contributed by atoms with Gasteiger partial charge in [0.1, 0.15) is 17.5 Å². The number of halogens is 1. The lowest BCUT2D eigenvalue weighted by atomic mass is 10.2. The van der Waals surface area contributed by atoms with Crippen LogP contribution in [0.2, 0.25) is 0 Å². The van der Waals surface area contributed by atoms with Gasteiger partial charge in [-0.3, -0.25) is 0 Å². The number of nitrogens with one attached hydrogen (secondary N) is 2. The number of aromatic amines is 1. The van der Waals surface area contributed by atoms with Gasteiger partial charge in [0, 0.05) is 6.54 Å². The molecule has 0 amide bonds. The van der Waals surface area contributed by atoms with Gasteiger partial charge < -0.3 is 16.0 Å². The Balaban J connectivity index is 2.05. The Morgan fingerprint density at radius 2 is 2.31 bits per heavy atom. The molecule has 0 unspecified atom stereocenters. The number of hydrogen-bond donors (Lipinski definition) is 3. The molecule has 0 radical (unpaired) electrons. The molecule has 0 bridgehead atoms. The summed E-state index contributed by atoms with van der Waals surface area (Å²) in [6.45, 7) is 2.32. The van der Waals surface area contributed by atoms with Crippen molar-refractivity contribution < 1.29 is 4.39 Å². The average Bonchev–Trinajstić information content (AvgIpc) is 2.54. The number of imidazole rings is 1. The average molecular weight is 220 g/mol. The number of rotatable bonds is 3. The van der Waals surface area contributed by atoms with Gasteiger partial charge in [0.2, 0.25) is 0 Å². The summed E-state index contributed by atoms with van der Waals surface area (Å²) in [6.07, 6.45) is 0. The summed E-state index contributed by atoms with van der Waals surface area (Å²) in [4.78, 5) is 7.05. The van der Waals surface area contributed by atoms with E-state index in [2.05, 4.69) is 15.3 Å².